The van der Waals surface area contributed by atoms with Gasteiger partial charge in [0, 0.05) is 14.1 Å². The van der Waals surface area contributed by atoms with Gasteiger partial charge in [-0.2, -0.15) is 13.5 Å². The van der Waals surface area contributed by atoms with Crippen LogP contribution in [0.25, 0.3) is 0 Å². The average Bonchev–Trinajstić information content (AvgIpc) is 1.38. The van der Waals surface area contributed by atoms with Crippen molar-refractivity contribution in [2.45, 2.75) is 0 Å². The van der Waals surface area contributed by atoms with Gasteiger partial charge >= 0.3 is 51.4 Å². The zero-order valence-electron chi connectivity index (χ0n) is 3.93. The Kier molecular flexibility index (Phi) is 23.6. The first-order valence-corrected chi connectivity index (χ1v) is 1.39. The van der Waals surface area contributed by atoms with E-state index in [-0.39, 0.29) is 64.9 Å². The van der Waals surface area contributed by atoms with E-state index in [2.05, 4.69) is 0 Å². The van der Waals surface area contributed by atoms with Gasteiger partial charge < -0.3 is 4.90 Å². The molecule has 0 unspecified atom stereocenters. The zero-order chi connectivity index (χ0) is 4.28. The molecule has 0 aromatic rings. The first kappa shape index (κ1) is 15.8. The third kappa shape index (κ3) is 18.6. The fraction of sp³-hybridized carbons (Fsp3) is 0.667. The molecule has 0 aliphatic heterocycles. The van der Waals surface area contributed by atoms with Gasteiger partial charge in [-0.15, -0.1) is 0 Å². The van der Waals surface area contributed by atoms with Gasteiger partial charge in [0.1, 0.15) is 0 Å². The van der Waals surface area contributed by atoms with Crippen LogP contribution in [-0.2, 0) is 4.79 Å². The van der Waals surface area contributed by atoms with Crippen LogP contribution in [0, 0.1) is 0 Å². The minimum absolute atomic E-state index is 0. The van der Waals surface area contributed by atoms with Gasteiger partial charge in [-0.3, -0.25) is 4.79 Å². The van der Waals surface area contributed by atoms with Crippen LogP contribution in [0.4, 0.5) is 0 Å². The fourth-order valence-corrected chi connectivity index (χ4v) is 0. The van der Waals surface area contributed by atoms with E-state index in [1.54, 1.807) is 14.1 Å². The van der Waals surface area contributed by atoms with E-state index in [1.807, 2.05) is 0 Å². The van der Waals surface area contributed by atoms with Gasteiger partial charge in [-0.25, -0.2) is 0 Å². The standard InChI is InChI=1S/C3H7NO.K.H2S.H/c1-4(2)3-5;;;/h3H,1-2H3;;1H2;. The van der Waals surface area contributed by atoms with Gasteiger partial charge in [-0.1, -0.05) is 0 Å². The number of carbonyl (C=O) groups excluding carboxylic acids is 1. The van der Waals surface area contributed by atoms with Gasteiger partial charge in [0.25, 0.3) is 0 Å². The Hall–Kier alpha value is 1.46. The molecule has 0 heterocycles. The second kappa shape index (κ2) is 10.4. The molecule has 0 spiro atoms. The third-order valence-electron chi connectivity index (χ3n) is 0.211. The molecule has 0 rings (SSSR count). The maximum atomic E-state index is 9.43. The molecule has 0 radical (unpaired) electrons. The Bertz CT molecular complexity index is 41.9. The van der Waals surface area contributed by atoms with E-state index >= 15 is 0 Å². The van der Waals surface area contributed by atoms with Gasteiger partial charge in [0.05, 0.1) is 0 Å². The van der Waals surface area contributed by atoms with E-state index in [0.717, 1.165) is 6.41 Å². The van der Waals surface area contributed by atoms with Crippen LogP contribution in [0.1, 0.15) is 0 Å². The number of hydrogen-bond donors (Lipinski definition) is 0. The second-order valence-corrected chi connectivity index (χ2v) is 1.07. The summed E-state index contributed by atoms with van der Waals surface area (Å²) >= 11 is 0. The van der Waals surface area contributed by atoms with E-state index in [9.17, 15) is 4.79 Å². The first-order chi connectivity index (χ1) is 2.27. The summed E-state index contributed by atoms with van der Waals surface area (Å²) < 4.78 is 0. The number of rotatable bonds is 1. The van der Waals surface area contributed by atoms with Gasteiger partial charge in [0.15, 0.2) is 0 Å². The molecule has 1 amide bonds. The number of amides is 1. The van der Waals surface area contributed by atoms with E-state index in [4.69, 9.17) is 0 Å². The van der Waals surface area contributed by atoms with Crippen molar-refractivity contribution in [2.75, 3.05) is 14.1 Å². The number of nitrogens with zero attached hydrogens (tertiary/aromatic N) is 1. The van der Waals surface area contributed by atoms with Crippen LogP contribution in [0.2, 0.25) is 0 Å². The Morgan fingerprint density at radius 3 is 1.57 bits per heavy atom. The van der Waals surface area contributed by atoms with Crippen LogP contribution in [0.5, 0.6) is 0 Å². The summed E-state index contributed by atoms with van der Waals surface area (Å²) in [4.78, 5) is 10.9. The normalized spacial score (nSPS) is 4.86. The molecule has 0 bridgehead atoms. The van der Waals surface area contributed by atoms with Crippen molar-refractivity contribution < 1.29 is 4.79 Å². The molecule has 0 aromatic carbocycles. The van der Waals surface area contributed by atoms with Crippen LogP contribution in [0.3, 0.4) is 0 Å². The van der Waals surface area contributed by atoms with Crippen molar-refractivity contribution in [3.8, 4) is 0 Å². The molecular formula is C3H10KNOS. The summed E-state index contributed by atoms with van der Waals surface area (Å²) in [6.45, 7) is 0. The molecule has 0 N–H and O–H groups in total. The van der Waals surface area contributed by atoms with Crippen molar-refractivity contribution in [3.63, 3.8) is 0 Å². The van der Waals surface area contributed by atoms with E-state index in [1.165, 1.54) is 4.90 Å². The monoisotopic (exact) mass is 147 g/mol. The van der Waals surface area contributed by atoms with Crippen LogP contribution in [-0.4, -0.2) is 76.8 Å². The predicted molar refractivity (Wildman–Crippen MR) is 37.3 cm³/mol. The summed E-state index contributed by atoms with van der Waals surface area (Å²) in [7, 11) is 3.38. The summed E-state index contributed by atoms with van der Waals surface area (Å²) in [6.07, 6.45) is 0.750. The molecule has 7 heavy (non-hydrogen) atoms. The zero-order valence-corrected chi connectivity index (χ0v) is 4.93. The van der Waals surface area contributed by atoms with Crippen molar-refractivity contribution in [3.05, 3.63) is 0 Å². The first-order valence-electron chi connectivity index (χ1n) is 1.39. The van der Waals surface area contributed by atoms with E-state index < -0.39 is 0 Å². The summed E-state index contributed by atoms with van der Waals surface area (Å²) in [6, 6.07) is 0. The molecule has 0 saturated heterocycles. The summed E-state index contributed by atoms with van der Waals surface area (Å²) in [5.41, 5.74) is 0. The molecule has 0 aliphatic rings. The maximum absolute atomic E-state index is 9.43. The Labute approximate surface area is 93.5 Å². The number of carbonyl (C=O) groups is 1. The molecule has 0 atom stereocenters. The summed E-state index contributed by atoms with van der Waals surface area (Å²) in [5, 5.41) is 0. The van der Waals surface area contributed by atoms with Crippen molar-refractivity contribution >= 4 is 71.3 Å². The average molecular weight is 147 g/mol. The van der Waals surface area contributed by atoms with Gasteiger partial charge in [-0.05, 0) is 0 Å². The SMILES string of the molecule is CN(C)C=O.S.[KH]. The van der Waals surface area contributed by atoms with E-state index in [0.29, 0.717) is 0 Å². The van der Waals surface area contributed by atoms with Crippen LogP contribution in [0.15, 0.2) is 0 Å². The molecule has 0 saturated carbocycles. The Balaban J connectivity index is -0.0000000800. The molecule has 0 aromatic heterocycles. The topological polar surface area (TPSA) is 20.3 Å². The Morgan fingerprint density at radius 2 is 1.57 bits per heavy atom. The van der Waals surface area contributed by atoms with Crippen molar-refractivity contribution in [2.24, 2.45) is 0 Å². The quantitative estimate of drug-likeness (QED) is 0.350. The van der Waals surface area contributed by atoms with Crippen molar-refractivity contribution in [1.29, 1.82) is 0 Å². The Morgan fingerprint density at radius 1 is 1.43 bits per heavy atom. The molecule has 4 heteroatoms. The molecule has 0 aliphatic carbocycles. The summed E-state index contributed by atoms with van der Waals surface area (Å²) in [5.74, 6) is 0. The number of hydrogen-bond acceptors (Lipinski definition) is 1. The second-order valence-electron chi connectivity index (χ2n) is 1.07. The predicted octanol–water partition coefficient (Wildman–Crippen LogP) is -0.831. The van der Waals surface area contributed by atoms with Gasteiger partial charge in [0.2, 0.25) is 6.41 Å². The molecule has 40 valence electrons. The molecule has 0 fully saturated rings. The fourth-order valence-electron chi connectivity index (χ4n) is 0. The van der Waals surface area contributed by atoms with Crippen molar-refractivity contribution in [1.82, 2.24) is 4.90 Å². The minimum atomic E-state index is 0. The third-order valence-corrected chi connectivity index (χ3v) is 0.211. The van der Waals surface area contributed by atoms with Crippen LogP contribution >= 0.6 is 13.5 Å². The molecular weight excluding hydrogens is 137 g/mol. The molecule has 2 nitrogen and oxygen atoms in total. The van der Waals surface area contributed by atoms with Crippen LogP contribution < -0.4 is 0 Å².